The van der Waals surface area contributed by atoms with Gasteiger partial charge in [0, 0.05) is 117 Å². The summed E-state index contributed by atoms with van der Waals surface area (Å²) in [4.78, 5) is 64.4. The van der Waals surface area contributed by atoms with Crippen molar-refractivity contribution in [2.24, 2.45) is 0 Å². The minimum atomic E-state index is -0.362. The van der Waals surface area contributed by atoms with Crippen LogP contribution in [0.3, 0.4) is 0 Å². The number of carbonyl (C=O) groups excluding carboxylic acids is 2. The maximum Gasteiger partial charge on any atom is 0.318 e. The number of ether oxygens (including phenoxy) is 2. The molecule has 1 aliphatic carbocycles. The number of nitriles is 2. The highest BCUT2D eigenvalue weighted by Gasteiger charge is 2.40. The third-order valence-electron chi connectivity index (χ3n) is 21.1. The molecular formula is C75H80ClFN14O4. The van der Waals surface area contributed by atoms with Crippen LogP contribution in [0.25, 0.3) is 27.6 Å². The molecule has 18 nitrogen and oxygen atoms in total. The minimum Gasteiger partial charge on any atom is -0.462 e. The van der Waals surface area contributed by atoms with Gasteiger partial charge in [0.2, 0.25) is 11.8 Å². The summed E-state index contributed by atoms with van der Waals surface area (Å²) in [7, 11) is 4.23. The SMILES string of the molecule is C=CC(=O)N1CCN(c2nc(OC[C@@H]3CC(c4cc5ccccc5cc4F)CN3C)nc3c2CCN(c2cc(C4C[C@@H](COc5nc6c(c(N7CCN(C(=O)C=C)C(CC#N)C7)n5)CCN(c5cccc7cccc(C)c57)C6)N(C)C4)cc4c2C(Cl)CC=C4)C3)CC1CC#N. The van der Waals surface area contributed by atoms with Gasteiger partial charge < -0.3 is 38.9 Å². The van der Waals surface area contributed by atoms with E-state index in [2.05, 4.69) is 136 Å². The number of likely N-dealkylation sites (N-methyl/N-ethyl adjacent to an activating group) is 2. The number of nitrogens with zero attached hydrogens (tertiary/aromatic N) is 14. The molecule has 5 aromatic carbocycles. The average molecular weight is 1300 g/mol. The Labute approximate surface area is 560 Å². The fraction of sp³-hybridized carbons (Fsp3) is 0.413. The van der Waals surface area contributed by atoms with Crippen LogP contribution in [0.2, 0.25) is 0 Å². The standard InChI is InChI=1S/C75H80ClFN14O4/c1-6-68(92)90-31-29-88(41-55(90)21-25-78)72-59-23-27-86(66-20-12-17-48-16-10-13-47(3)70(48)66)43-64(59)80-74(82-72)94-45-57-34-53(39-84(57)4)52-33-51-18-11-19-62(76)71(51)67(38-52)87-28-24-60-65(44-87)81-75(83-73(60)89-30-32-91(69(93)7-2)56(42-89)22-26-79)95-46-58-35-54(40-85(58)5)61-36-49-14-8-9-15-50(49)37-63(61)77/h6-18,20,33,36-38,53-58,62H,1-2,19,21-24,27-32,34-35,39-46H2,3-5H3/t53?,54?,55?,56?,57-,58-,62?/m0/s1. The van der Waals surface area contributed by atoms with Crippen molar-refractivity contribution in [2.75, 3.05) is 112 Å². The van der Waals surface area contributed by atoms with Crippen molar-refractivity contribution in [3.63, 3.8) is 0 Å². The van der Waals surface area contributed by atoms with Gasteiger partial charge in [-0.05, 0) is 134 Å². The number of likely N-dealkylation sites (tertiary alicyclic amines) is 2. The van der Waals surface area contributed by atoms with Crippen LogP contribution in [-0.2, 0) is 35.5 Å². The number of alkyl halides is 1. The molecule has 0 bridgehead atoms. The van der Waals surface area contributed by atoms with Gasteiger partial charge in [0.15, 0.2) is 0 Å². The second kappa shape index (κ2) is 26.9. The molecule has 2 amide bonds. The summed E-state index contributed by atoms with van der Waals surface area (Å²) >= 11 is 7.40. The number of fused-ring (bicyclic) bond motifs is 5. The second-order valence-corrected chi connectivity index (χ2v) is 27.3. The molecule has 2 aromatic heterocycles. The van der Waals surface area contributed by atoms with Crippen molar-refractivity contribution in [1.29, 1.82) is 10.5 Å². The van der Waals surface area contributed by atoms with E-state index in [0.717, 1.165) is 81.2 Å². The van der Waals surface area contributed by atoms with E-state index >= 15 is 4.39 Å². The zero-order valence-corrected chi connectivity index (χ0v) is 55.1. The van der Waals surface area contributed by atoms with Gasteiger partial charge in [0.05, 0.1) is 66.9 Å². The van der Waals surface area contributed by atoms with Crippen molar-refractivity contribution < 1.29 is 23.5 Å². The maximum atomic E-state index is 15.8. The van der Waals surface area contributed by atoms with Gasteiger partial charge in [0.25, 0.3) is 0 Å². The predicted octanol–water partition coefficient (Wildman–Crippen LogP) is 10.8. The molecule has 5 unspecified atom stereocenters. The Kier molecular flexibility index (Phi) is 17.9. The van der Waals surface area contributed by atoms with E-state index in [0.29, 0.717) is 116 Å². The van der Waals surface area contributed by atoms with Crippen molar-refractivity contribution in [3.8, 4) is 24.2 Å². The fourth-order valence-corrected chi connectivity index (χ4v) is 16.4. The first-order chi connectivity index (χ1) is 46.2. The van der Waals surface area contributed by atoms with E-state index < -0.39 is 0 Å². The summed E-state index contributed by atoms with van der Waals surface area (Å²) in [6.45, 7) is 17.1. The third kappa shape index (κ3) is 12.5. The topological polar surface area (TPSA) is 178 Å². The Morgan fingerprint density at radius 2 is 1.19 bits per heavy atom. The molecule has 20 heteroatoms. The van der Waals surface area contributed by atoms with Gasteiger partial charge in [0.1, 0.15) is 30.7 Å². The lowest BCUT2D eigenvalue weighted by molar-refractivity contribution is -0.129. The van der Waals surface area contributed by atoms with Gasteiger partial charge in [-0.15, -0.1) is 11.6 Å². The van der Waals surface area contributed by atoms with E-state index in [9.17, 15) is 20.1 Å². The number of allylic oxidation sites excluding steroid dienone is 1. The number of aryl methyl sites for hydroxylation is 1. The number of carbonyl (C=O) groups is 2. The Balaban J connectivity index is 0.732. The van der Waals surface area contributed by atoms with E-state index in [1.54, 1.807) is 15.9 Å². The van der Waals surface area contributed by atoms with Crippen LogP contribution < -0.4 is 29.1 Å². The van der Waals surface area contributed by atoms with Crippen LogP contribution >= 0.6 is 11.6 Å². The van der Waals surface area contributed by atoms with Crippen LogP contribution in [0.15, 0.2) is 116 Å². The molecule has 488 valence electrons. The van der Waals surface area contributed by atoms with Crippen molar-refractivity contribution in [2.45, 2.75) is 106 Å². The van der Waals surface area contributed by atoms with Crippen molar-refractivity contribution in [1.82, 2.24) is 39.5 Å². The van der Waals surface area contributed by atoms with Crippen LogP contribution in [0.4, 0.5) is 27.4 Å². The van der Waals surface area contributed by atoms with Gasteiger partial charge in [-0.3, -0.25) is 19.4 Å². The van der Waals surface area contributed by atoms with E-state index in [1.165, 1.54) is 39.7 Å². The monoisotopic (exact) mass is 1290 g/mol. The number of amides is 2. The lowest BCUT2D eigenvalue weighted by Crippen LogP contribution is -2.55. The number of anilines is 4. The van der Waals surface area contributed by atoms with Crippen molar-refractivity contribution >= 4 is 74.0 Å². The van der Waals surface area contributed by atoms with Gasteiger partial charge in [-0.2, -0.15) is 30.5 Å². The smallest absolute Gasteiger partial charge is 0.318 e. The molecule has 7 aliphatic rings. The summed E-state index contributed by atoms with van der Waals surface area (Å²) in [5, 5.41) is 24.0. The van der Waals surface area contributed by atoms with Crippen LogP contribution in [0.1, 0.15) is 99.6 Å². The molecule has 7 aromatic rings. The van der Waals surface area contributed by atoms with E-state index in [-0.39, 0.29) is 77.9 Å². The lowest BCUT2D eigenvalue weighted by Gasteiger charge is -2.42. The number of hydrogen-bond acceptors (Lipinski definition) is 16. The highest BCUT2D eigenvalue weighted by molar-refractivity contribution is 6.22. The molecule has 95 heavy (non-hydrogen) atoms. The molecule has 4 fully saturated rings. The molecule has 6 aliphatic heterocycles. The van der Waals surface area contributed by atoms with Crippen LogP contribution in [-0.4, -0.2) is 168 Å². The summed E-state index contributed by atoms with van der Waals surface area (Å²) in [6.07, 6.45) is 11.0. The normalized spacial score (nSPS) is 22.9. The molecular weight excluding hydrogens is 1220 g/mol. The zero-order chi connectivity index (χ0) is 65.6. The summed E-state index contributed by atoms with van der Waals surface area (Å²) in [5.41, 5.74) is 11.4. The first kappa shape index (κ1) is 63.3. The molecule has 0 spiro atoms. The Hall–Kier alpha value is -9.14. The molecule has 7 atom stereocenters. The average Bonchev–Trinajstić information content (AvgIpc) is 1.42. The summed E-state index contributed by atoms with van der Waals surface area (Å²) < 4.78 is 29.3. The quantitative estimate of drug-likeness (QED) is 0.0659. The Bertz CT molecular complexity index is 4280. The Morgan fingerprint density at radius 3 is 1.78 bits per heavy atom. The summed E-state index contributed by atoms with van der Waals surface area (Å²) in [5.74, 6) is 1.13. The first-order valence-corrected chi connectivity index (χ1v) is 33.9. The minimum absolute atomic E-state index is 0.0193. The molecule has 4 saturated heterocycles. The molecule has 8 heterocycles. The van der Waals surface area contributed by atoms with Gasteiger partial charge in [-0.25, -0.2) is 4.39 Å². The first-order valence-electron chi connectivity index (χ1n) is 33.4. The third-order valence-corrected chi connectivity index (χ3v) is 21.5. The maximum absolute atomic E-state index is 15.8. The number of aromatic nitrogens is 4. The highest BCUT2D eigenvalue weighted by Crippen LogP contribution is 2.46. The zero-order valence-electron chi connectivity index (χ0n) is 54.3. The van der Waals surface area contributed by atoms with E-state index in [1.807, 2.05) is 30.3 Å². The molecule has 0 N–H and O–H groups in total. The Morgan fingerprint density at radius 1 is 0.642 bits per heavy atom. The fourth-order valence-electron chi connectivity index (χ4n) is 16.1. The molecule has 0 saturated carbocycles. The number of piperazine rings is 2. The van der Waals surface area contributed by atoms with Gasteiger partial charge >= 0.3 is 12.0 Å². The predicted molar refractivity (Wildman–Crippen MR) is 370 cm³/mol. The number of hydrogen-bond donors (Lipinski definition) is 0. The number of halogens is 2. The lowest BCUT2D eigenvalue weighted by atomic mass is 9.87. The highest BCUT2D eigenvalue weighted by atomic mass is 35.5. The molecule has 14 rings (SSSR count). The molecule has 0 radical (unpaired) electrons. The largest absolute Gasteiger partial charge is 0.462 e. The summed E-state index contributed by atoms with van der Waals surface area (Å²) in [6, 6.07) is 33.7. The second-order valence-electron chi connectivity index (χ2n) is 26.7. The van der Waals surface area contributed by atoms with Crippen LogP contribution in [0, 0.1) is 35.4 Å². The van der Waals surface area contributed by atoms with Crippen LogP contribution in [0.5, 0.6) is 12.0 Å². The van der Waals surface area contributed by atoms with Gasteiger partial charge in [-0.1, -0.05) is 86.0 Å². The number of benzene rings is 5. The number of rotatable bonds is 16. The van der Waals surface area contributed by atoms with E-state index in [4.69, 9.17) is 41.0 Å². The van der Waals surface area contributed by atoms with Crippen molar-refractivity contribution in [3.05, 3.63) is 172 Å².